The second kappa shape index (κ2) is 6.95. The lowest BCUT2D eigenvalue weighted by Gasteiger charge is -2.69. The fourth-order valence-electron chi connectivity index (χ4n) is 10.00. The molecule has 3 fully saturated rings. The van der Waals surface area contributed by atoms with Gasteiger partial charge in [0.25, 0.3) is 0 Å². The Bertz CT molecular complexity index is 1030. The van der Waals surface area contributed by atoms with Gasteiger partial charge in [0.1, 0.15) is 0 Å². The fraction of sp³-hybridized carbons (Fsp3) is 0.767. The van der Waals surface area contributed by atoms with E-state index in [1.54, 1.807) is 6.08 Å². The van der Waals surface area contributed by atoms with E-state index in [1.165, 1.54) is 0 Å². The highest BCUT2D eigenvalue weighted by Gasteiger charge is 2.70. The second-order valence-corrected chi connectivity index (χ2v) is 13.9. The van der Waals surface area contributed by atoms with Gasteiger partial charge in [-0.3, -0.25) is 14.4 Å². The lowest BCUT2D eigenvalue weighted by molar-refractivity contribution is -0.180. The van der Waals surface area contributed by atoms with E-state index in [9.17, 15) is 19.5 Å². The molecule has 0 aromatic carbocycles. The quantitative estimate of drug-likeness (QED) is 0.496. The van der Waals surface area contributed by atoms with Crippen molar-refractivity contribution in [3.63, 3.8) is 0 Å². The van der Waals surface area contributed by atoms with Crippen LogP contribution in [0.5, 0.6) is 0 Å². The van der Waals surface area contributed by atoms with Crippen LogP contribution in [0, 0.1) is 56.7 Å². The highest BCUT2D eigenvalue weighted by atomic mass is 16.4. The molecule has 5 aliphatic rings. The summed E-state index contributed by atoms with van der Waals surface area (Å²) in [6, 6.07) is 0. The summed E-state index contributed by atoms with van der Waals surface area (Å²) in [5.41, 5.74) is -0.949. The van der Waals surface area contributed by atoms with Crippen LogP contribution >= 0.6 is 0 Å². The first kappa shape index (κ1) is 24.0. The van der Waals surface area contributed by atoms with Crippen LogP contribution < -0.4 is 0 Å². The van der Waals surface area contributed by atoms with Crippen molar-refractivity contribution in [3.8, 4) is 0 Å². The van der Waals surface area contributed by atoms with E-state index in [0.29, 0.717) is 18.8 Å². The van der Waals surface area contributed by atoms with E-state index in [1.807, 2.05) is 19.9 Å². The lowest BCUT2D eigenvalue weighted by Crippen LogP contribution is -2.66. The molecule has 0 saturated heterocycles. The largest absolute Gasteiger partial charge is 0.481 e. The summed E-state index contributed by atoms with van der Waals surface area (Å²) in [7, 11) is 0. The minimum absolute atomic E-state index is 0.0836. The molecule has 34 heavy (non-hydrogen) atoms. The Morgan fingerprint density at radius 2 is 1.65 bits per heavy atom. The number of rotatable bonds is 1. The summed E-state index contributed by atoms with van der Waals surface area (Å²) in [5.74, 6) is 0.189. The number of aliphatic carboxylic acids is 1. The predicted octanol–water partition coefficient (Wildman–Crippen LogP) is 6.25. The molecule has 5 aliphatic carbocycles. The number of hydrogen-bond acceptors (Lipinski definition) is 3. The third kappa shape index (κ3) is 2.58. The average Bonchev–Trinajstić information content (AvgIpc) is 2.74. The third-order valence-electron chi connectivity index (χ3n) is 12.4. The van der Waals surface area contributed by atoms with Gasteiger partial charge in [0, 0.05) is 16.7 Å². The Morgan fingerprint density at radius 3 is 2.29 bits per heavy atom. The van der Waals surface area contributed by atoms with Gasteiger partial charge < -0.3 is 5.11 Å². The number of carbonyl (C=O) groups is 3. The Kier molecular flexibility index (Phi) is 4.90. The van der Waals surface area contributed by atoms with E-state index >= 15 is 0 Å². The van der Waals surface area contributed by atoms with Crippen LogP contribution in [0.25, 0.3) is 0 Å². The van der Waals surface area contributed by atoms with Gasteiger partial charge in [-0.1, -0.05) is 60.1 Å². The molecule has 0 aliphatic heterocycles. The van der Waals surface area contributed by atoms with E-state index in [0.717, 1.165) is 31.3 Å². The zero-order chi connectivity index (χ0) is 25.1. The molecule has 0 aromatic heterocycles. The van der Waals surface area contributed by atoms with Gasteiger partial charge in [0.2, 0.25) is 0 Å². The number of carbonyl (C=O) groups excluding carboxylic acids is 2. The highest BCUT2D eigenvalue weighted by molar-refractivity contribution is 5.99. The van der Waals surface area contributed by atoms with Gasteiger partial charge in [-0.2, -0.15) is 0 Å². The van der Waals surface area contributed by atoms with Crippen molar-refractivity contribution in [3.05, 3.63) is 23.8 Å². The highest BCUT2D eigenvalue weighted by Crippen LogP contribution is 2.74. The smallest absolute Gasteiger partial charge is 0.310 e. The number of fused-ring (bicyclic) bond motifs is 7. The second-order valence-electron chi connectivity index (χ2n) is 13.9. The summed E-state index contributed by atoms with van der Waals surface area (Å²) < 4.78 is 0. The summed E-state index contributed by atoms with van der Waals surface area (Å²) in [4.78, 5) is 39.8. The monoisotopic (exact) mass is 466 g/mol. The number of hydrogen-bond donors (Lipinski definition) is 1. The molecule has 0 bridgehead atoms. The van der Waals surface area contributed by atoms with Gasteiger partial charge >= 0.3 is 5.97 Å². The van der Waals surface area contributed by atoms with Gasteiger partial charge in [-0.05, 0) is 85.2 Å². The maximum atomic E-state index is 14.2. The van der Waals surface area contributed by atoms with Crippen LogP contribution in [0.15, 0.2) is 23.8 Å². The molecular weight excluding hydrogens is 424 g/mol. The first-order valence-corrected chi connectivity index (χ1v) is 13.4. The number of carboxylic acid groups (broad SMARTS) is 1. The summed E-state index contributed by atoms with van der Waals surface area (Å²) in [6.45, 7) is 15.4. The molecule has 1 N–H and O–H groups in total. The van der Waals surface area contributed by atoms with Crippen molar-refractivity contribution in [2.24, 2.45) is 56.7 Å². The van der Waals surface area contributed by atoms with Gasteiger partial charge in [-0.25, -0.2) is 0 Å². The van der Waals surface area contributed by atoms with E-state index in [4.69, 9.17) is 0 Å². The molecule has 5 rings (SSSR count). The maximum Gasteiger partial charge on any atom is 0.310 e. The third-order valence-corrected chi connectivity index (χ3v) is 12.4. The minimum atomic E-state index is -0.749. The normalized spacial score (nSPS) is 51.5. The molecule has 186 valence electrons. The van der Waals surface area contributed by atoms with Crippen LogP contribution in [0.1, 0.15) is 87.0 Å². The zero-order valence-corrected chi connectivity index (χ0v) is 22.0. The fourth-order valence-corrected chi connectivity index (χ4v) is 10.00. The lowest BCUT2D eigenvalue weighted by atomic mass is 9.34. The summed E-state index contributed by atoms with van der Waals surface area (Å²) in [6.07, 6.45) is 10.7. The van der Waals surface area contributed by atoms with Crippen molar-refractivity contribution in [2.75, 3.05) is 0 Å². The minimum Gasteiger partial charge on any atom is -0.481 e. The van der Waals surface area contributed by atoms with Crippen LogP contribution in [0.3, 0.4) is 0 Å². The van der Waals surface area contributed by atoms with Crippen molar-refractivity contribution in [1.29, 1.82) is 0 Å². The molecule has 0 radical (unpaired) electrons. The van der Waals surface area contributed by atoms with Gasteiger partial charge in [0.15, 0.2) is 11.6 Å². The van der Waals surface area contributed by atoms with Crippen LogP contribution in [0.2, 0.25) is 0 Å². The van der Waals surface area contributed by atoms with Crippen LogP contribution in [-0.2, 0) is 14.4 Å². The van der Waals surface area contributed by atoms with Gasteiger partial charge in [0.05, 0.1) is 5.41 Å². The Morgan fingerprint density at radius 1 is 0.971 bits per heavy atom. The van der Waals surface area contributed by atoms with Gasteiger partial charge in [-0.15, -0.1) is 0 Å². The van der Waals surface area contributed by atoms with E-state index in [2.05, 4.69) is 40.7 Å². The summed E-state index contributed by atoms with van der Waals surface area (Å²) in [5, 5.41) is 10.5. The van der Waals surface area contributed by atoms with Crippen molar-refractivity contribution < 1.29 is 19.5 Å². The average molecular weight is 467 g/mol. The van der Waals surface area contributed by atoms with Crippen molar-refractivity contribution >= 4 is 17.5 Å². The number of carboxylic acids is 1. The van der Waals surface area contributed by atoms with E-state index in [-0.39, 0.29) is 51.5 Å². The van der Waals surface area contributed by atoms with Crippen molar-refractivity contribution in [1.82, 2.24) is 0 Å². The zero-order valence-electron chi connectivity index (χ0n) is 22.0. The Labute approximate surface area is 204 Å². The molecule has 1 unspecified atom stereocenters. The van der Waals surface area contributed by atoms with Crippen LogP contribution in [0.4, 0.5) is 0 Å². The molecular formula is C30H42O4. The molecule has 9 atom stereocenters. The van der Waals surface area contributed by atoms with Crippen molar-refractivity contribution in [2.45, 2.75) is 87.0 Å². The molecule has 4 nitrogen and oxygen atoms in total. The molecule has 0 amide bonds. The van der Waals surface area contributed by atoms with E-state index < -0.39 is 16.8 Å². The molecule has 0 aromatic rings. The molecule has 4 heteroatoms. The Balaban J connectivity index is 1.70. The maximum absolute atomic E-state index is 14.2. The number of ketones is 2. The molecule has 0 heterocycles. The van der Waals surface area contributed by atoms with Crippen LogP contribution in [-0.4, -0.2) is 22.6 Å². The molecule has 0 spiro atoms. The topological polar surface area (TPSA) is 71.4 Å². The number of allylic oxidation sites excluding steroid dienone is 4. The first-order chi connectivity index (χ1) is 15.7. The SMILES string of the molecule is C[C@@H]1CC[C@]2(C(=O)O)CC[C@]3(C)C(=CC(=O)[C@@H]4[C@@]5(C)C=CC(=O)C(C)(C)[C@@H]5CC[C@]43C)C2[C@H]1C. The Hall–Kier alpha value is -1.71. The first-order valence-electron chi connectivity index (χ1n) is 13.4. The predicted molar refractivity (Wildman–Crippen MR) is 132 cm³/mol. The summed E-state index contributed by atoms with van der Waals surface area (Å²) >= 11 is 0. The standard InChI is InChI=1S/C30H42O4/c1-17-8-13-30(25(33)34)15-14-28(6)19(23(30)18(17)2)16-20(31)24-27(5)11-10-22(32)26(3,4)21(27)9-12-29(24,28)7/h10-11,16-18,21,23-24H,8-9,12-15H2,1-7H3,(H,33,34)/t17-,18+,21+,23?,24-,27+,28-,29-,30+/m1/s1. The molecule has 3 saturated carbocycles.